The maximum atomic E-state index is 12.1. The van der Waals surface area contributed by atoms with Crippen molar-refractivity contribution in [3.05, 3.63) is 0 Å². The second-order valence-corrected chi connectivity index (χ2v) is 6.00. The number of carboxylic acids is 1. The first kappa shape index (κ1) is 17.0. The minimum Gasteiger partial charge on any atom is -0.481 e. The number of likely N-dealkylation sites (tertiary alicyclic amines) is 1. The minimum absolute atomic E-state index is 0.0133. The Morgan fingerprint density at radius 1 is 1.35 bits per heavy atom. The number of carbonyl (C=O) groups is 2. The second kappa shape index (κ2) is 8.25. The van der Waals surface area contributed by atoms with E-state index in [4.69, 9.17) is 5.11 Å². The van der Waals surface area contributed by atoms with Crippen molar-refractivity contribution in [3.63, 3.8) is 0 Å². The highest BCUT2D eigenvalue weighted by Crippen LogP contribution is 2.23. The van der Waals surface area contributed by atoms with E-state index in [1.165, 1.54) is 0 Å². The van der Waals surface area contributed by atoms with E-state index in [1.807, 2.05) is 18.7 Å². The summed E-state index contributed by atoms with van der Waals surface area (Å²) in [7, 11) is 0. The Morgan fingerprint density at radius 3 is 2.65 bits per heavy atom. The molecule has 1 aliphatic heterocycles. The van der Waals surface area contributed by atoms with Crippen LogP contribution in [0.3, 0.4) is 0 Å². The van der Waals surface area contributed by atoms with E-state index in [1.54, 1.807) is 0 Å². The number of nitrogens with one attached hydrogen (secondary N) is 1. The Balaban J connectivity index is 2.46. The molecule has 1 rings (SSSR count). The van der Waals surface area contributed by atoms with Gasteiger partial charge in [-0.1, -0.05) is 26.7 Å². The summed E-state index contributed by atoms with van der Waals surface area (Å²) in [5.41, 5.74) is 0. The number of nitrogens with zero attached hydrogens (tertiary/aromatic N) is 1. The van der Waals surface area contributed by atoms with Gasteiger partial charge in [-0.3, -0.25) is 14.5 Å². The first-order valence-corrected chi connectivity index (χ1v) is 7.70. The molecule has 1 heterocycles. The third kappa shape index (κ3) is 5.12. The Kier molecular flexibility index (Phi) is 6.99. The van der Waals surface area contributed by atoms with E-state index in [0.29, 0.717) is 25.4 Å². The van der Waals surface area contributed by atoms with Crippen molar-refractivity contribution >= 4 is 11.9 Å². The van der Waals surface area contributed by atoms with Gasteiger partial charge in [-0.15, -0.1) is 0 Å². The second-order valence-electron chi connectivity index (χ2n) is 6.00. The van der Waals surface area contributed by atoms with E-state index in [9.17, 15) is 9.59 Å². The Bertz CT molecular complexity index is 333. The molecule has 1 amide bonds. The zero-order valence-corrected chi connectivity index (χ0v) is 12.9. The number of piperidine rings is 1. The largest absolute Gasteiger partial charge is 0.481 e. The molecule has 3 unspecified atom stereocenters. The van der Waals surface area contributed by atoms with Gasteiger partial charge in [0.05, 0.1) is 12.0 Å². The summed E-state index contributed by atoms with van der Waals surface area (Å²) < 4.78 is 0. The minimum atomic E-state index is -0.753. The van der Waals surface area contributed by atoms with E-state index < -0.39 is 5.97 Å². The van der Waals surface area contributed by atoms with Gasteiger partial charge in [0.2, 0.25) is 5.91 Å². The number of amides is 1. The predicted octanol–water partition coefficient (Wildman–Crippen LogP) is 1.72. The maximum absolute atomic E-state index is 12.1. The molecule has 0 spiro atoms. The van der Waals surface area contributed by atoms with Crippen molar-refractivity contribution in [1.29, 1.82) is 0 Å². The average Bonchev–Trinajstić information content (AvgIpc) is 2.41. The molecule has 0 aromatic heterocycles. The van der Waals surface area contributed by atoms with Crippen molar-refractivity contribution < 1.29 is 14.7 Å². The fraction of sp³-hybridized carbons (Fsp3) is 0.867. The molecule has 1 saturated heterocycles. The Labute approximate surface area is 121 Å². The molecule has 0 aromatic carbocycles. The third-order valence-corrected chi connectivity index (χ3v) is 4.04. The van der Waals surface area contributed by atoms with Gasteiger partial charge in [0.25, 0.3) is 0 Å². The summed E-state index contributed by atoms with van der Waals surface area (Å²) in [6.45, 7) is 8.03. The summed E-state index contributed by atoms with van der Waals surface area (Å²) in [6, 6.07) is -0.249. The first-order chi connectivity index (χ1) is 9.45. The van der Waals surface area contributed by atoms with Crippen LogP contribution in [-0.4, -0.2) is 47.6 Å². The normalized spacial score (nSPS) is 25.1. The third-order valence-electron chi connectivity index (χ3n) is 4.04. The molecule has 0 radical (unpaired) electrons. The van der Waals surface area contributed by atoms with Crippen LogP contribution in [0.25, 0.3) is 0 Å². The van der Waals surface area contributed by atoms with Gasteiger partial charge in [0.15, 0.2) is 0 Å². The summed E-state index contributed by atoms with van der Waals surface area (Å²) >= 11 is 0. The fourth-order valence-corrected chi connectivity index (χ4v) is 2.79. The van der Waals surface area contributed by atoms with Crippen LogP contribution in [0, 0.1) is 11.8 Å². The SMILES string of the molecule is CCCCCNC(=O)C(C)N1CC(C)CC(C(=O)O)C1. The van der Waals surface area contributed by atoms with Crippen molar-refractivity contribution in [2.24, 2.45) is 11.8 Å². The van der Waals surface area contributed by atoms with E-state index >= 15 is 0 Å². The number of carboxylic acid groups (broad SMARTS) is 1. The molecular weight excluding hydrogens is 256 g/mol. The van der Waals surface area contributed by atoms with Crippen molar-refractivity contribution in [2.45, 2.75) is 52.5 Å². The molecule has 0 aromatic rings. The molecule has 5 heteroatoms. The Morgan fingerprint density at radius 2 is 2.05 bits per heavy atom. The van der Waals surface area contributed by atoms with Gasteiger partial charge in [0.1, 0.15) is 0 Å². The summed E-state index contributed by atoms with van der Waals surface area (Å²) in [5.74, 6) is -0.772. The molecule has 1 aliphatic rings. The van der Waals surface area contributed by atoms with Gasteiger partial charge in [-0.25, -0.2) is 0 Å². The highest BCUT2D eigenvalue weighted by Gasteiger charge is 2.33. The lowest BCUT2D eigenvalue weighted by molar-refractivity contribution is -0.146. The van der Waals surface area contributed by atoms with Gasteiger partial charge in [-0.2, -0.15) is 0 Å². The van der Waals surface area contributed by atoms with Crippen LogP contribution >= 0.6 is 0 Å². The quantitative estimate of drug-likeness (QED) is 0.698. The van der Waals surface area contributed by atoms with Crippen LogP contribution in [0.15, 0.2) is 0 Å². The smallest absolute Gasteiger partial charge is 0.307 e. The molecule has 0 bridgehead atoms. The number of carbonyl (C=O) groups excluding carboxylic acids is 1. The monoisotopic (exact) mass is 284 g/mol. The lowest BCUT2D eigenvalue weighted by Crippen LogP contribution is -2.52. The van der Waals surface area contributed by atoms with Crippen molar-refractivity contribution in [1.82, 2.24) is 10.2 Å². The fourth-order valence-electron chi connectivity index (χ4n) is 2.79. The number of hydrogen-bond donors (Lipinski definition) is 2. The molecule has 1 fully saturated rings. The number of unbranched alkanes of at least 4 members (excludes halogenated alkanes) is 2. The molecule has 5 nitrogen and oxygen atoms in total. The van der Waals surface area contributed by atoms with E-state index in [0.717, 1.165) is 25.8 Å². The first-order valence-electron chi connectivity index (χ1n) is 7.70. The van der Waals surface area contributed by atoms with Crippen LogP contribution in [0.5, 0.6) is 0 Å². The van der Waals surface area contributed by atoms with Crippen molar-refractivity contribution in [3.8, 4) is 0 Å². The number of aliphatic carboxylic acids is 1. The summed E-state index contributed by atoms with van der Waals surface area (Å²) in [6.07, 6.45) is 3.96. The lowest BCUT2D eigenvalue weighted by atomic mass is 9.89. The molecule has 116 valence electrons. The van der Waals surface area contributed by atoms with Gasteiger partial charge in [-0.05, 0) is 25.7 Å². The van der Waals surface area contributed by atoms with Gasteiger partial charge in [0, 0.05) is 19.6 Å². The summed E-state index contributed by atoms with van der Waals surface area (Å²) in [5, 5.41) is 12.1. The van der Waals surface area contributed by atoms with Gasteiger partial charge >= 0.3 is 5.97 Å². The Hall–Kier alpha value is -1.10. The van der Waals surface area contributed by atoms with Crippen LogP contribution in [0.1, 0.15) is 46.5 Å². The van der Waals surface area contributed by atoms with Crippen LogP contribution in [0.4, 0.5) is 0 Å². The van der Waals surface area contributed by atoms with Crippen molar-refractivity contribution in [2.75, 3.05) is 19.6 Å². The van der Waals surface area contributed by atoms with Gasteiger partial charge < -0.3 is 10.4 Å². The standard InChI is InChI=1S/C15H28N2O3/c1-4-5-6-7-16-14(18)12(3)17-9-11(2)8-13(10-17)15(19)20/h11-13H,4-10H2,1-3H3,(H,16,18)(H,19,20). The zero-order chi connectivity index (χ0) is 15.1. The van der Waals surface area contributed by atoms with Crippen LogP contribution in [-0.2, 0) is 9.59 Å². The molecule has 3 atom stereocenters. The summed E-state index contributed by atoms with van der Waals surface area (Å²) in [4.78, 5) is 25.2. The molecule has 20 heavy (non-hydrogen) atoms. The molecule has 2 N–H and O–H groups in total. The predicted molar refractivity (Wildman–Crippen MR) is 78.5 cm³/mol. The zero-order valence-electron chi connectivity index (χ0n) is 12.9. The topological polar surface area (TPSA) is 69.6 Å². The molecule has 0 aliphatic carbocycles. The van der Waals surface area contributed by atoms with E-state index in [2.05, 4.69) is 12.2 Å². The van der Waals surface area contributed by atoms with Crippen LogP contribution in [0.2, 0.25) is 0 Å². The lowest BCUT2D eigenvalue weighted by Gasteiger charge is -2.37. The number of rotatable bonds is 7. The highest BCUT2D eigenvalue weighted by atomic mass is 16.4. The number of hydrogen-bond acceptors (Lipinski definition) is 3. The van der Waals surface area contributed by atoms with Crippen LogP contribution < -0.4 is 5.32 Å². The van der Waals surface area contributed by atoms with E-state index in [-0.39, 0.29) is 17.9 Å². The average molecular weight is 284 g/mol. The molecular formula is C15H28N2O3. The maximum Gasteiger partial charge on any atom is 0.307 e. The molecule has 0 saturated carbocycles. The highest BCUT2D eigenvalue weighted by molar-refractivity contribution is 5.81.